The van der Waals surface area contributed by atoms with E-state index in [4.69, 9.17) is 16.3 Å². The van der Waals surface area contributed by atoms with Crippen molar-refractivity contribution in [2.45, 2.75) is 52.7 Å². The number of aryl methyl sites for hydroxylation is 2. The van der Waals surface area contributed by atoms with Crippen molar-refractivity contribution < 1.29 is 14.3 Å². The Kier molecular flexibility index (Phi) is 9.32. The number of carbonyl (C=O) groups is 2. The van der Waals surface area contributed by atoms with E-state index in [2.05, 4.69) is 5.32 Å². The lowest BCUT2D eigenvalue weighted by Crippen LogP contribution is -2.52. The molecule has 1 atom stereocenters. The number of rotatable bonds is 10. The van der Waals surface area contributed by atoms with Crippen LogP contribution in [0.4, 0.5) is 0 Å². The van der Waals surface area contributed by atoms with Crippen molar-refractivity contribution >= 4 is 23.4 Å². The second-order valence-corrected chi connectivity index (χ2v) is 9.48. The quantitative estimate of drug-likeness (QED) is 0.406. The Morgan fingerprint density at radius 3 is 2.26 bits per heavy atom. The number of nitrogens with one attached hydrogen (secondary N) is 1. The third kappa shape index (κ3) is 7.86. The Bertz CT molecular complexity index is 1130. The van der Waals surface area contributed by atoms with Crippen molar-refractivity contribution in [1.82, 2.24) is 10.2 Å². The first-order valence-electron chi connectivity index (χ1n) is 11.8. The average molecular weight is 493 g/mol. The highest BCUT2D eigenvalue weighted by Gasteiger charge is 2.31. The van der Waals surface area contributed by atoms with Crippen molar-refractivity contribution in [3.63, 3.8) is 0 Å². The summed E-state index contributed by atoms with van der Waals surface area (Å²) in [5, 5.41) is 3.63. The summed E-state index contributed by atoms with van der Waals surface area (Å²) in [5.41, 5.74) is 3.92. The number of hydrogen-bond acceptors (Lipinski definition) is 3. The zero-order valence-corrected chi connectivity index (χ0v) is 21.5. The summed E-state index contributed by atoms with van der Waals surface area (Å²) >= 11 is 6.11. The molecule has 0 aromatic heterocycles. The van der Waals surface area contributed by atoms with Gasteiger partial charge in [0.15, 0.2) is 6.61 Å². The molecule has 1 N–H and O–H groups in total. The Labute approximate surface area is 213 Å². The molecule has 0 radical (unpaired) electrons. The molecular formula is C29H33ClN2O3. The van der Waals surface area contributed by atoms with Crippen LogP contribution in [0.2, 0.25) is 5.02 Å². The molecule has 35 heavy (non-hydrogen) atoms. The Morgan fingerprint density at radius 1 is 0.943 bits per heavy atom. The maximum Gasteiger partial charge on any atom is 0.261 e. The van der Waals surface area contributed by atoms with Crippen molar-refractivity contribution in [2.24, 2.45) is 0 Å². The maximum absolute atomic E-state index is 13.6. The fraction of sp³-hybridized carbons (Fsp3) is 0.310. The molecule has 5 nitrogen and oxygen atoms in total. The molecule has 0 spiro atoms. The molecule has 0 aliphatic rings. The van der Waals surface area contributed by atoms with Gasteiger partial charge in [-0.05, 0) is 62.6 Å². The van der Waals surface area contributed by atoms with E-state index in [1.165, 1.54) is 0 Å². The first kappa shape index (κ1) is 26.3. The lowest BCUT2D eigenvalue weighted by Gasteiger charge is -2.32. The number of benzene rings is 3. The van der Waals surface area contributed by atoms with E-state index in [1.807, 2.05) is 82.3 Å². The van der Waals surface area contributed by atoms with Gasteiger partial charge in [-0.25, -0.2) is 0 Å². The van der Waals surface area contributed by atoms with Crippen LogP contribution in [-0.4, -0.2) is 35.4 Å². The third-order valence-corrected chi connectivity index (χ3v) is 6.09. The molecule has 0 saturated heterocycles. The highest BCUT2D eigenvalue weighted by atomic mass is 35.5. The standard InChI is InChI=1S/C29H33ClN2O3/c1-20(2)31-29(34)27(17-23-8-6-5-7-9-23)32(18-24-12-10-21(3)11-13-24)28(33)19-35-25-14-15-26(30)22(4)16-25/h5-16,20,27H,17-19H2,1-4H3,(H,31,34)/t27-/m0/s1. The van der Waals surface area contributed by atoms with Crippen LogP contribution in [0, 0.1) is 13.8 Å². The van der Waals surface area contributed by atoms with E-state index in [-0.39, 0.29) is 24.5 Å². The van der Waals surface area contributed by atoms with Gasteiger partial charge in [0.25, 0.3) is 5.91 Å². The summed E-state index contributed by atoms with van der Waals surface area (Å²) in [6, 6.07) is 22.3. The minimum absolute atomic E-state index is 0.0506. The Hall–Kier alpha value is -3.31. The van der Waals surface area contributed by atoms with E-state index >= 15 is 0 Å². The van der Waals surface area contributed by atoms with Crippen LogP contribution in [0.5, 0.6) is 5.75 Å². The van der Waals surface area contributed by atoms with Gasteiger partial charge in [-0.2, -0.15) is 0 Å². The Balaban J connectivity index is 1.90. The first-order chi connectivity index (χ1) is 16.7. The van der Waals surface area contributed by atoms with Gasteiger partial charge in [-0.15, -0.1) is 0 Å². The zero-order valence-electron chi connectivity index (χ0n) is 20.8. The molecule has 0 saturated carbocycles. The monoisotopic (exact) mass is 492 g/mol. The molecule has 184 valence electrons. The van der Waals surface area contributed by atoms with Gasteiger partial charge < -0.3 is 15.0 Å². The van der Waals surface area contributed by atoms with Crippen LogP contribution in [-0.2, 0) is 22.6 Å². The molecule has 3 rings (SSSR count). The third-order valence-electron chi connectivity index (χ3n) is 5.67. The summed E-state index contributed by atoms with van der Waals surface area (Å²) in [5.74, 6) is 0.103. The molecule has 0 aliphatic heterocycles. The number of carbonyl (C=O) groups excluding carboxylic acids is 2. The minimum atomic E-state index is -0.691. The van der Waals surface area contributed by atoms with E-state index in [9.17, 15) is 9.59 Å². The van der Waals surface area contributed by atoms with Gasteiger partial charge in [-0.1, -0.05) is 71.8 Å². The highest BCUT2D eigenvalue weighted by molar-refractivity contribution is 6.31. The molecule has 0 unspecified atom stereocenters. The van der Waals surface area contributed by atoms with Gasteiger partial charge in [0.2, 0.25) is 5.91 Å². The van der Waals surface area contributed by atoms with Crippen molar-refractivity contribution in [3.8, 4) is 5.75 Å². The molecule has 0 bridgehead atoms. The van der Waals surface area contributed by atoms with Crippen molar-refractivity contribution in [3.05, 3.63) is 100 Å². The fourth-order valence-corrected chi connectivity index (χ4v) is 3.88. The molecule has 6 heteroatoms. The molecule has 0 heterocycles. The number of nitrogens with zero attached hydrogens (tertiary/aromatic N) is 1. The van der Waals surface area contributed by atoms with Crippen molar-refractivity contribution in [2.75, 3.05) is 6.61 Å². The lowest BCUT2D eigenvalue weighted by molar-refractivity contribution is -0.143. The smallest absolute Gasteiger partial charge is 0.261 e. The van der Waals surface area contributed by atoms with Gasteiger partial charge in [0.05, 0.1) is 0 Å². The van der Waals surface area contributed by atoms with E-state index in [0.717, 1.165) is 22.3 Å². The largest absolute Gasteiger partial charge is 0.484 e. The summed E-state index contributed by atoms with van der Waals surface area (Å²) in [7, 11) is 0. The van der Waals surface area contributed by atoms with Gasteiger partial charge >= 0.3 is 0 Å². The summed E-state index contributed by atoms with van der Waals surface area (Å²) in [6.07, 6.45) is 0.400. The highest BCUT2D eigenvalue weighted by Crippen LogP contribution is 2.22. The average Bonchev–Trinajstić information content (AvgIpc) is 2.83. The predicted molar refractivity (Wildman–Crippen MR) is 141 cm³/mol. The number of halogens is 1. The van der Waals surface area contributed by atoms with Crippen LogP contribution in [0.25, 0.3) is 0 Å². The fourth-order valence-electron chi connectivity index (χ4n) is 3.76. The predicted octanol–water partition coefficient (Wildman–Crippen LogP) is 5.50. The second kappa shape index (κ2) is 12.4. The van der Waals surface area contributed by atoms with E-state index in [1.54, 1.807) is 23.1 Å². The van der Waals surface area contributed by atoms with Gasteiger partial charge in [0.1, 0.15) is 11.8 Å². The lowest BCUT2D eigenvalue weighted by atomic mass is 10.0. The van der Waals surface area contributed by atoms with Crippen LogP contribution >= 0.6 is 11.6 Å². The topological polar surface area (TPSA) is 58.6 Å². The molecule has 2 amide bonds. The van der Waals surface area contributed by atoms with Crippen molar-refractivity contribution in [1.29, 1.82) is 0 Å². The maximum atomic E-state index is 13.6. The van der Waals surface area contributed by atoms with Gasteiger partial charge in [0, 0.05) is 24.0 Å². The number of hydrogen-bond donors (Lipinski definition) is 1. The molecule has 0 fully saturated rings. The van der Waals surface area contributed by atoms with Crippen LogP contribution in [0.3, 0.4) is 0 Å². The Morgan fingerprint density at radius 2 is 1.63 bits per heavy atom. The number of amides is 2. The van der Waals surface area contributed by atoms with Crippen LogP contribution in [0.15, 0.2) is 72.8 Å². The molecule has 0 aliphatic carbocycles. The SMILES string of the molecule is Cc1ccc(CN(C(=O)COc2ccc(Cl)c(C)c2)[C@@H](Cc2ccccc2)C(=O)NC(C)C)cc1. The summed E-state index contributed by atoms with van der Waals surface area (Å²) in [4.78, 5) is 28.5. The first-order valence-corrected chi connectivity index (χ1v) is 12.2. The summed E-state index contributed by atoms with van der Waals surface area (Å²) in [6.45, 7) is 7.83. The van der Waals surface area contributed by atoms with Crippen LogP contribution < -0.4 is 10.1 Å². The van der Waals surface area contributed by atoms with E-state index in [0.29, 0.717) is 23.7 Å². The van der Waals surface area contributed by atoms with E-state index < -0.39 is 6.04 Å². The molecule has 3 aromatic carbocycles. The normalized spacial score (nSPS) is 11.7. The zero-order chi connectivity index (χ0) is 25.4. The van der Waals surface area contributed by atoms with Gasteiger partial charge in [-0.3, -0.25) is 9.59 Å². The molecule has 3 aromatic rings. The second-order valence-electron chi connectivity index (χ2n) is 9.08. The summed E-state index contributed by atoms with van der Waals surface area (Å²) < 4.78 is 5.82. The minimum Gasteiger partial charge on any atom is -0.484 e. The van der Waals surface area contributed by atoms with Crippen LogP contribution in [0.1, 0.15) is 36.1 Å². The number of ether oxygens (including phenoxy) is 1. The molecular weight excluding hydrogens is 460 g/mol.